The van der Waals surface area contributed by atoms with E-state index in [4.69, 9.17) is 10.8 Å². The maximum absolute atomic E-state index is 8.95. The summed E-state index contributed by atoms with van der Waals surface area (Å²) < 4.78 is 1.84. The molecule has 0 aromatic carbocycles. The molecule has 5 nitrogen and oxygen atoms in total. The third-order valence-corrected chi connectivity index (χ3v) is 2.58. The van der Waals surface area contributed by atoms with Crippen LogP contribution in [0.3, 0.4) is 0 Å². The predicted molar refractivity (Wildman–Crippen MR) is 60.4 cm³/mol. The second-order valence-corrected chi connectivity index (χ2v) is 3.87. The van der Waals surface area contributed by atoms with Crippen molar-refractivity contribution in [2.45, 2.75) is 25.9 Å². The number of aliphatic hydroxyl groups is 1. The Labute approximate surface area is 90.5 Å². The molecule has 15 heavy (non-hydrogen) atoms. The number of nitrogen functional groups attached to an aromatic ring is 1. The van der Waals surface area contributed by atoms with E-state index in [0.29, 0.717) is 5.82 Å². The molecule has 86 valence electrons. The van der Waals surface area contributed by atoms with Crippen LogP contribution in [0.1, 0.15) is 13.3 Å². The van der Waals surface area contributed by atoms with Crippen molar-refractivity contribution in [1.29, 1.82) is 0 Å². The van der Waals surface area contributed by atoms with E-state index in [9.17, 15) is 0 Å². The van der Waals surface area contributed by atoms with Crippen LogP contribution in [0, 0.1) is 0 Å². The lowest BCUT2D eigenvalue weighted by molar-refractivity contribution is 0.156. The van der Waals surface area contributed by atoms with Gasteiger partial charge in [-0.1, -0.05) is 0 Å². The van der Waals surface area contributed by atoms with E-state index in [-0.39, 0.29) is 12.6 Å². The van der Waals surface area contributed by atoms with Crippen molar-refractivity contribution < 1.29 is 5.11 Å². The summed E-state index contributed by atoms with van der Waals surface area (Å²) in [5.74, 6) is 0.562. The van der Waals surface area contributed by atoms with Crippen molar-refractivity contribution in [3.63, 3.8) is 0 Å². The Morgan fingerprint density at radius 2 is 2.40 bits per heavy atom. The molecule has 5 heteroatoms. The molecule has 1 atom stereocenters. The van der Waals surface area contributed by atoms with Crippen molar-refractivity contribution >= 4 is 5.82 Å². The third kappa shape index (κ3) is 3.89. The molecule has 1 unspecified atom stereocenters. The Bertz CT molecular complexity index is 287. The van der Waals surface area contributed by atoms with Crippen molar-refractivity contribution in [1.82, 2.24) is 14.7 Å². The summed E-state index contributed by atoms with van der Waals surface area (Å²) in [5.41, 5.74) is 5.50. The monoisotopic (exact) mass is 212 g/mol. The van der Waals surface area contributed by atoms with E-state index < -0.39 is 0 Å². The fraction of sp³-hybridized carbons (Fsp3) is 0.700. The Kier molecular flexibility index (Phi) is 4.58. The minimum absolute atomic E-state index is 0.200. The van der Waals surface area contributed by atoms with Gasteiger partial charge >= 0.3 is 0 Å². The van der Waals surface area contributed by atoms with E-state index in [2.05, 4.69) is 10.00 Å². The topological polar surface area (TPSA) is 67.3 Å². The van der Waals surface area contributed by atoms with E-state index in [1.54, 1.807) is 6.07 Å². The fourth-order valence-corrected chi connectivity index (χ4v) is 1.34. The maximum atomic E-state index is 8.95. The van der Waals surface area contributed by atoms with Crippen molar-refractivity contribution in [3.8, 4) is 0 Å². The second kappa shape index (κ2) is 5.72. The van der Waals surface area contributed by atoms with Crippen LogP contribution in [-0.4, -0.2) is 46.0 Å². The highest BCUT2D eigenvalue weighted by molar-refractivity contribution is 5.23. The number of hydrogen-bond acceptors (Lipinski definition) is 4. The molecule has 3 N–H and O–H groups in total. The number of rotatable bonds is 6. The van der Waals surface area contributed by atoms with Crippen LogP contribution in [0.4, 0.5) is 5.82 Å². The molecule has 1 aromatic heterocycles. The Hall–Kier alpha value is -1.07. The van der Waals surface area contributed by atoms with Crippen molar-refractivity contribution in [2.24, 2.45) is 0 Å². The summed E-state index contributed by atoms with van der Waals surface area (Å²) in [4.78, 5) is 2.13. The molecular weight excluding hydrogens is 192 g/mol. The highest BCUT2D eigenvalue weighted by Crippen LogP contribution is 2.00. The van der Waals surface area contributed by atoms with E-state index in [1.165, 1.54) is 0 Å². The zero-order valence-electron chi connectivity index (χ0n) is 9.43. The number of aryl methyl sites for hydroxylation is 1. The first kappa shape index (κ1) is 12.0. The van der Waals surface area contributed by atoms with Gasteiger partial charge in [-0.05, 0) is 33.0 Å². The average molecular weight is 212 g/mol. The smallest absolute Gasteiger partial charge is 0.145 e. The van der Waals surface area contributed by atoms with Crippen LogP contribution in [-0.2, 0) is 6.54 Å². The zero-order chi connectivity index (χ0) is 11.3. The summed E-state index contributed by atoms with van der Waals surface area (Å²) in [6.07, 6.45) is 2.88. The van der Waals surface area contributed by atoms with Gasteiger partial charge in [0, 0.05) is 18.8 Å². The quantitative estimate of drug-likeness (QED) is 0.705. The molecule has 0 aliphatic rings. The molecule has 0 amide bonds. The van der Waals surface area contributed by atoms with Gasteiger partial charge in [0.25, 0.3) is 0 Å². The summed E-state index contributed by atoms with van der Waals surface area (Å²) in [7, 11) is 2.01. The lowest BCUT2D eigenvalue weighted by Gasteiger charge is -2.22. The number of nitrogens with zero attached hydrogens (tertiary/aromatic N) is 3. The molecular formula is C10H20N4O. The lowest BCUT2D eigenvalue weighted by atomic mass is 10.3. The van der Waals surface area contributed by atoms with Gasteiger partial charge in [-0.25, -0.2) is 0 Å². The van der Waals surface area contributed by atoms with Crippen LogP contribution < -0.4 is 5.73 Å². The summed E-state index contributed by atoms with van der Waals surface area (Å²) in [5, 5.41) is 13.0. The summed E-state index contributed by atoms with van der Waals surface area (Å²) in [6, 6.07) is 2.01. The number of nitrogens with two attached hydrogens (primary N) is 1. The minimum atomic E-state index is 0.200. The van der Waals surface area contributed by atoms with Gasteiger partial charge in [0.2, 0.25) is 0 Å². The molecule has 1 rings (SSSR count). The first-order valence-corrected chi connectivity index (χ1v) is 5.23. The lowest BCUT2D eigenvalue weighted by Crippen LogP contribution is -2.33. The number of likely N-dealkylation sites (N-methyl/N-ethyl adjacent to an activating group) is 1. The van der Waals surface area contributed by atoms with Gasteiger partial charge in [-0.15, -0.1) is 0 Å². The van der Waals surface area contributed by atoms with Crippen LogP contribution >= 0.6 is 0 Å². The molecule has 1 heterocycles. The van der Waals surface area contributed by atoms with Crippen LogP contribution in [0.25, 0.3) is 0 Å². The van der Waals surface area contributed by atoms with Crippen LogP contribution in [0.2, 0.25) is 0 Å². The number of hydrogen-bond donors (Lipinski definition) is 2. The first-order valence-electron chi connectivity index (χ1n) is 5.23. The van der Waals surface area contributed by atoms with Crippen LogP contribution in [0.15, 0.2) is 12.3 Å². The Morgan fingerprint density at radius 1 is 1.67 bits per heavy atom. The van der Waals surface area contributed by atoms with Gasteiger partial charge in [0.15, 0.2) is 0 Å². The van der Waals surface area contributed by atoms with E-state index in [1.807, 2.05) is 24.9 Å². The normalized spacial score (nSPS) is 13.3. The molecule has 0 aliphatic carbocycles. The van der Waals surface area contributed by atoms with Gasteiger partial charge in [0.05, 0.1) is 6.61 Å². The van der Waals surface area contributed by atoms with E-state index in [0.717, 1.165) is 19.5 Å². The van der Waals surface area contributed by atoms with Crippen molar-refractivity contribution in [3.05, 3.63) is 12.3 Å². The molecule has 0 radical (unpaired) electrons. The first-order chi connectivity index (χ1) is 7.13. The van der Waals surface area contributed by atoms with Gasteiger partial charge in [-0.3, -0.25) is 4.68 Å². The molecule has 0 spiro atoms. The summed E-state index contributed by atoms with van der Waals surface area (Å²) in [6.45, 7) is 4.01. The molecule has 1 aromatic rings. The van der Waals surface area contributed by atoms with Crippen molar-refractivity contribution in [2.75, 3.05) is 25.9 Å². The largest absolute Gasteiger partial charge is 0.395 e. The van der Waals surface area contributed by atoms with Gasteiger partial charge in [-0.2, -0.15) is 5.10 Å². The predicted octanol–water partition coefficient (Wildman–Crippen LogP) is 0.168. The average Bonchev–Trinajstić information content (AvgIpc) is 2.63. The second-order valence-electron chi connectivity index (χ2n) is 3.87. The molecule has 0 saturated carbocycles. The SMILES string of the molecule is CC(CO)N(C)CCCn1ccc(N)n1. The number of aliphatic hydroxyl groups excluding tert-OH is 1. The van der Waals surface area contributed by atoms with Gasteiger partial charge in [0.1, 0.15) is 5.82 Å². The molecule has 0 saturated heterocycles. The Balaban J connectivity index is 2.21. The van der Waals surface area contributed by atoms with Crippen LogP contribution in [0.5, 0.6) is 0 Å². The molecule has 0 bridgehead atoms. The highest BCUT2D eigenvalue weighted by atomic mass is 16.3. The fourth-order valence-electron chi connectivity index (χ4n) is 1.34. The van der Waals surface area contributed by atoms with Gasteiger partial charge < -0.3 is 15.7 Å². The third-order valence-electron chi connectivity index (χ3n) is 2.58. The summed E-state index contributed by atoms with van der Waals surface area (Å²) >= 11 is 0. The number of anilines is 1. The molecule has 0 aliphatic heterocycles. The minimum Gasteiger partial charge on any atom is -0.395 e. The number of aromatic nitrogens is 2. The maximum Gasteiger partial charge on any atom is 0.145 e. The Morgan fingerprint density at radius 3 is 2.93 bits per heavy atom. The standard InChI is InChI=1S/C10H20N4O/c1-9(8-15)13(2)5-3-6-14-7-4-10(11)12-14/h4,7,9,15H,3,5-6,8H2,1-2H3,(H2,11,12). The zero-order valence-corrected chi connectivity index (χ0v) is 9.43. The molecule has 0 fully saturated rings. The highest BCUT2D eigenvalue weighted by Gasteiger charge is 2.06. The van der Waals surface area contributed by atoms with E-state index >= 15 is 0 Å².